The number of carbonyl (C=O) groups excluding carboxylic acids is 1. The minimum Gasteiger partial charge on any atom is -0.368 e. The van der Waals surface area contributed by atoms with Crippen molar-refractivity contribution >= 4 is 28.9 Å². The second kappa shape index (κ2) is 10.5. The molecule has 5 rings (SSSR count). The number of rotatable bonds is 7. The van der Waals surface area contributed by atoms with Crippen LogP contribution in [0, 0.1) is 11.6 Å². The molecule has 2 aliphatic rings. The second-order valence-corrected chi connectivity index (χ2v) is 9.20. The van der Waals surface area contributed by atoms with Gasteiger partial charge >= 0.3 is 0 Å². The Hall–Kier alpha value is -3.75. The van der Waals surface area contributed by atoms with Crippen molar-refractivity contribution in [2.75, 3.05) is 46.2 Å². The van der Waals surface area contributed by atoms with Gasteiger partial charge in [-0.3, -0.25) is 9.69 Å². The van der Waals surface area contributed by atoms with E-state index < -0.39 is 6.04 Å². The van der Waals surface area contributed by atoms with Gasteiger partial charge < -0.3 is 15.1 Å². The molecule has 1 atom stereocenters. The molecule has 1 fully saturated rings. The first-order chi connectivity index (χ1) is 17.5. The lowest BCUT2D eigenvalue weighted by Crippen LogP contribution is -2.50. The molecule has 0 saturated carbocycles. The molecule has 0 unspecified atom stereocenters. The molecule has 188 valence electrons. The average Bonchev–Trinajstić information content (AvgIpc) is 2.90. The van der Waals surface area contributed by atoms with Crippen molar-refractivity contribution in [1.82, 2.24) is 9.97 Å². The maximum atomic E-state index is 14.6. The second-order valence-electron chi connectivity index (χ2n) is 9.20. The molecule has 36 heavy (non-hydrogen) atoms. The summed E-state index contributed by atoms with van der Waals surface area (Å²) in [6, 6.07) is 12.6. The minimum absolute atomic E-state index is 0.0970. The number of hydrogen-bond acceptors (Lipinski definition) is 6. The Balaban J connectivity index is 1.44. The van der Waals surface area contributed by atoms with E-state index in [0.717, 1.165) is 31.6 Å². The summed E-state index contributed by atoms with van der Waals surface area (Å²) in [5, 5.41) is 3.32. The summed E-state index contributed by atoms with van der Waals surface area (Å²) in [5.74, 6) is 0.555. The summed E-state index contributed by atoms with van der Waals surface area (Å²) in [6.45, 7) is 4.98. The fourth-order valence-electron chi connectivity index (χ4n) is 4.87. The van der Waals surface area contributed by atoms with E-state index in [1.165, 1.54) is 24.5 Å². The van der Waals surface area contributed by atoms with Crippen LogP contribution in [0.4, 0.5) is 31.8 Å². The quantitative estimate of drug-likeness (QED) is 0.520. The van der Waals surface area contributed by atoms with E-state index in [1.807, 2.05) is 0 Å². The first-order valence-electron chi connectivity index (χ1n) is 12.5. The minimum atomic E-state index is -0.415. The molecule has 9 heteroatoms. The smallest absolute Gasteiger partial charge is 0.250 e. The zero-order valence-corrected chi connectivity index (χ0v) is 20.3. The largest absolute Gasteiger partial charge is 0.368 e. The fraction of sp³-hybridized carbons (Fsp3) is 0.370. The Bertz CT molecular complexity index is 1210. The van der Waals surface area contributed by atoms with Crippen LogP contribution in [0.1, 0.15) is 31.7 Å². The van der Waals surface area contributed by atoms with Gasteiger partial charge in [0, 0.05) is 37.4 Å². The van der Waals surface area contributed by atoms with Gasteiger partial charge in [-0.25, -0.2) is 18.7 Å². The molecule has 1 saturated heterocycles. The van der Waals surface area contributed by atoms with E-state index in [-0.39, 0.29) is 24.1 Å². The third kappa shape index (κ3) is 4.82. The molecule has 0 spiro atoms. The molecule has 2 aromatic carbocycles. The van der Waals surface area contributed by atoms with Crippen LogP contribution in [0.5, 0.6) is 0 Å². The van der Waals surface area contributed by atoms with Gasteiger partial charge in [-0.2, -0.15) is 0 Å². The number of halogens is 2. The summed E-state index contributed by atoms with van der Waals surface area (Å²) in [7, 11) is 0. The van der Waals surface area contributed by atoms with Crippen LogP contribution in [0.2, 0.25) is 0 Å². The number of piperazine rings is 1. The Morgan fingerprint density at radius 1 is 0.972 bits per heavy atom. The highest BCUT2D eigenvalue weighted by Gasteiger charge is 2.37. The van der Waals surface area contributed by atoms with Crippen LogP contribution in [0.15, 0.2) is 54.9 Å². The van der Waals surface area contributed by atoms with Crippen LogP contribution < -0.4 is 20.0 Å². The van der Waals surface area contributed by atoms with Crippen LogP contribution in [-0.2, 0) is 11.3 Å². The topological polar surface area (TPSA) is 64.6 Å². The summed E-state index contributed by atoms with van der Waals surface area (Å²) in [4.78, 5) is 28.7. The standard InChI is InChI=1S/C27H30F2N6O/c1-2-3-8-23-27(36)35(17-19-6-4-5-7-22(19)29)24-25(32-23)30-18-31-26(24)34-15-13-33(14-16-34)21-11-9-20(28)10-12-21/h4-7,9-12,18,23H,2-3,8,13-17H2,1H3,(H,30,31,32)/t23-/m0/s1. The fourth-order valence-corrected chi connectivity index (χ4v) is 4.87. The first kappa shape index (κ1) is 24.0. The van der Waals surface area contributed by atoms with E-state index in [9.17, 15) is 13.6 Å². The molecule has 3 heterocycles. The van der Waals surface area contributed by atoms with E-state index in [0.29, 0.717) is 42.4 Å². The van der Waals surface area contributed by atoms with Crippen molar-refractivity contribution < 1.29 is 13.6 Å². The number of unbranched alkanes of at least 4 members (excludes halogenated alkanes) is 1. The van der Waals surface area contributed by atoms with Crippen molar-refractivity contribution in [1.29, 1.82) is 0 Å². The van der Waals surface area contributed by atoms with Gasteiger partial charge in [-0.05, 0) is 36.8 Å². The van der Waals surface area contributed by atoms with Gasteiger partial charge in [0.15, 0.2) is 11.6 Å². The molecular formula is C27H30F2N6O. The van der Waals surface area contributed by atoms with Crippen molar-refractivity contribution in [3.63, 3.8) is 0 Å². The van der Waals surface area contributed by atoms with E-state index in [2.05, 4.69) is 32.0 Å². The van der Waals surface area contributed by atoms with Gasteiger partial charge in [0.2, 0.25) is 5.91 Å². The van der Waals surface area contributed by atoms with Gasteiger partial charge in [0.1, 0.15) is 29.7 Å². The molecule has 0 aliphatic carbocycles. The van der Waals surface area contributed by atoms with Crippen molar-refractivity contribution in [3.05, 3.63) is 72.1 Å². The molecular weight excluding hydrogens is 462 g/mol. The highest BCUT2D eigenvalue weighted by molar-refractivity contribution is 6.06. The van der Waals surface area contributed by atoms with Gasteiger partial charge in [0.25, 0.3) is 0 Å². The number of amides is 1. The number of carbonyl (C=O) groups is 1. The molecule has 1 amide bonds. The SMILES string of the molecule is CCCC[C@@H]1Nc2ncnc(N3CCN(c4ccc(F)cc4)CC3)c2N(Cc2ccccc2F)C1=O. The van der Waals surface area contributed by atoms with Gasteiger partial charge in [-0.15, -0.1) is 0 Å². The van der Waals surface area contributed by atoms with Crippen LogP contribution >= 0.6 is 0 Å². The highest BCUT2D eigenvalue weighted by atomic mass is 19.1. The zero-order chi connectivity index (χ0) is 25.1. The van der Waals surface area contributed by atoms with E-state index in [1.54, 1.807) is 35.2 Å². The number of nitrogens with one attached hydrogen (secondary N) is 1. The number of fused-ring (bicyclic) bond motifs is 1. The number of benzene rings is 2. The lowest BCUT2D eigenvalue weighted by Gasteiger charge is -2.40. The Kier molecular flexibility index (Phi) is 6.97. The van der Waals surface area contributed by atoms with E-state index in [4.69, 9.17) is 0 Å². The predicted octanol–water partition coefficient (Wildman–Crippen LogP) is 4.60. The van der Waals surface area contributed by atoms with Crippen molar-refractivity contribution in [3.8, 4) is 0 Å². The van der Waals surface area contributed by atoms with E-state index >= 15 is 0 Å². The Labute approximate surface area is 209 Å². The monoisotopic (exact) mass is 492 g/mol. The Morgan fingerprint density at radius 3 is 2.42 bits per heavy atom. The number of nitrogens with zero attached hydrogens (tertiary/aromatic N) is 5. The third-order valence-corrected chi connectivity index (χ3v) is 6.85. The third-order valence-electron chi connectivity index (χ3n) is 6.85. The molecule has 1 N–H and O–H groups in total. The number of hydrogen-bond donors (Lipinski definition) is 1. The maximum Gasteiger partial charge on any atom is 0.250 e. The highest BCUT2D eigenvalue weighted by Crippen LogP contribution is 2.39. The maximum absolute atomic E-state index is 14.6. The molecule has 3 aromatic rings. The summed E-state index contributed by atoms with van der Waals surface area (Å²) >= 11 is 0. The van der Waals surface area contributed by atoms with Gasteiger partial charge in [0.05, 0.1) is 6.54 Å². The molecule has 7 nitrogen and oxygen atoms in total. The van der Waals surface area contributed by atoms with Crippen molar-refractivity contribution in [2.24, 2.45) is 0 Å². The first-order valence-corrected chi connectivity index (χ1v) is 12.5. The predicted molar refractivity (Wildman–Crippen MR) is 137 cm³/mol. The lowest BCUT2D eigenvalue weighted by atomic mass is 10.0. The normalized spacial score (nSPS) is 17.7. The molecule has 2 aliphatic heterocycles. The number of aromatic nitrogens is 2. The van der Waals surface area contributed by atoms with Crippen LogP contribution in [-0.4, -0.2) is 48.1 Å². The van der Waals surface area contributed by atoms with Crippen molar-refractivity contribution in [2.45, 2.75) is 38.8 Å². The average molecular weight is 493 g/mol. The number of anilines is 4. The zero-order valence-electron chi connectivity index (χ0n) is 20.3. The summed E-state index contributed by atoms with van der Waals surface area (Å²) in [5.41, 5.74) is 2.01. The summed E-state index contributed by atoms with van der Waals surface area (Å²) in [6.07, 6.45) is 4.06. The summed E-state index contributed by atoms with van der Waals surface area (Å²) < 4.78 is 27.9. The molecule has 1 aromatic heterocycles. The van der Waals surface area contributed by atoms with Crippen LogP contribution in [0.25, 0.3) is 0 Å². The van der Waals surface area contributed by atoms with Gasteiger partial charge in [-0.1, -0.05) is 38.0 Å². The molecule has 0 bridgehead atoms. The Morgan fingerprint density at radius 2 is 1.69 bits per heavy atom. The lowest BCUT2D eigenvalue weighted by molar-refractivity contribution is -0.119. The van der Waals surface area contributed by atoms with Crippen LogP contribution in [0.3, 0.4) is 0 Å². The molecule has 0 radical (unpaired) electrons.